The number of nitrogens with one attached hydrogen (secondary N) is 1. The Bertz CT molecular complexity index is 1010. The van der Waals surface area contributed by atoms with E-state index in [9.17, 15) is 19.5 Å². The van der Waals surface area contributed by atoms with Crippen molar-refractivity contribution in [3.8, 4) is 11.4 Å². The normalized spacial score (nSPS) is 18.6. The molecule has 0 spiro atoms. The average Bonchev–Trinajstić information content (AvgIpc) is 2.74. The fraction of sp³-hybridized carbons (Fsp3) is 0.458. The molecule has 2 atom stereocenters. The fourth-order valence-electron chi connectivity index (χ4n) is 3.87. The van der Waals surface area contributed by atoms with Crippen LogP contribution >= 0.6 is 0 Å². The molecule has 32 heavy (non-hydrogen) atoms. The van der Waals surface area contributed by atoms with Gasteiger partial charge in [0, 0.05) is 55.0 Å². The number of likely N-dealkylation sites (tertiary alicyclic amines) is 1. The highest BCUT2D eigenvalue weighted by Crippen LogP contribution is 2.26. The number of pyridine rings is 1. The molecule has 1 saturated heterocycles. The van der Waals surface area contributed by atoms with Crippen molar-refractivity contribution in [2.75, 3.05) is 11.9 Å². The lowest BCUT2D eigenvalue weighted by Gasteiger charge is -2.39. The Morgan fingerprint density at radius 3 is 2.38 bits per heavy atom. The van der Waals surface area contributed by atoms with E-state index in [4.69, 9.17) is 4.74 Å². The third-order valence-corrected chi connectivity index (χ3v) is 5.74. The molecule has 2 amide bonds. The van der Waals surface area contributed by atoms with E-state index >= 15 is 0 Å². The first-order valence-corrected chi connectivity index (χ1v) is 11.0. The van der Waals surface area contributed by atoms with Crippen LogP contribution in [0.4, 0.5) is 10.5 Å². The molecule has 1 aromatic carbocycles. The quantitative estimate of drug-likeness (QED) is 0.706. The number of anilines is 1. The Kier molecular flexibility index (Phi) is 7.22. The Hall–Kier alpha value is -3.29. The van der Waals surface area contributed by atoms with Gasteiger partial charge >= 0.3 is 6.09 Å². The topological polar surface area (TPSA) is 101 Å². The van der Waals surface area contributed by atoms with Crippen LogP contribution in [-0.4, -0.2) is 45.3 Å². The number of carboxylic acid groups (broad SMARTS) is 1. The zero-order chi connectivity index (χ0) is 23.4. The average molecular weight is 442 g/mol. The van der Waals surface area contributed by atoms with Gasteiger partial charge in [-0.05, 0) is 36.2 Å². The summed E-state index contributed by atoms with van der Waals surface area (Å²) in [5.41, 5.74) is 1.12. The lowest BCUT2D eigenvalue weighted by Crippen LogP contribution is -2.50. The van der Waals surface area contributed by atoms with Gasteiger partial charge in [-0.15, -0.1) is 0 Å². The van der Waals surface area contributed by atoms with E-state index in [0.29, 0.717) is 36.5 Å². The second kappa shape index (κ2) is 9.89. The van der Waals surface area contributed by atoms with Gasteiger partial charge in [-0.2, -0.15) is 0 Å². The minimum Gasteiger partial charge on any atom is -0.490 e. The van der Waals surface area contributed by atoms with E-state index < -0.39 is 6.09 Å². The third kappa shape index (κ3) is 5.49. The molecule has 2 aromatic rings. The van der Waals surface area contributed by atoms with Crippen molar-refractivity contribution in [1.29, 1.82) is 0 Å². The van der Waals surface area contributed by atoms with Gasteiger partial charge in [0.05, 0.1) is 0 Å². The monoisotopic (exact) mass is 441 g/mol. The molecule has 0 aliphatic carbocycles. The van der Waals surface area contributed by atoms with Gasteiger partial charge in [-0.25, -0.2) is 4.79 Å². The van der Waals surface area contributed by atoms with Crippen LogP contribution in [-0.2, 0) is 4.79 Å². The van der Waals surface area contributed by atoms with Crippen molar-refractivity contribution in [1.82, 2.24) is 9.47 Å². The van der Waals surface area contributed by atoms with E-state index in [1.54, 1.807) is 36.5 Å². The lowest BCUT2D eigenvalue weighted by atomic mass is 9.91. The van der Waals surface area contributed by atoms with Crippen LogP contribution in [0, 0.1) is 11.8 Å². The second-order valence-electron chi connectivity index (χ2n) is 8.81. The summed E-state index contributed by atoms with van der Waals surface area (Å²) >= 11 is 0. The maximum atomic E-state index is 12.7. The molecular weight excluding hydrogens is 410 g/mol. The molecule has 172 valence electrons. The minimum absolute atomic E-state index is 0.0645. The Balaban J connectivity index is 1.68. The van der Waals surface area contributed by atoms with E-state index in [2.05, 4.69) is 5.32 Å². The summed E-state index contributed by atoms with van der Waals surface area (Å²) in [7, 11) is 0. The number of aromatic nitrogens is 1. The fourth-order valence-corrected chi connectivity index (χ4v) is 3.87. The summed E-state index contributed by atoms with van der Waals surface area (Å²) in [6.07, 6.45) is 1.79. The lowest BCUT2D eigenvalue weighted by molar-refractivity contribution is -0.118. The summed E-state index contributed by atoms with van der Waals surface area (Å²) in [4.78, 5) is 37.5. The van der Waals surface area contributed by atoms with Gasteiger partial charge < -0.3 is 20.1 Å². The molecule has 8 nitrogen and oxygen atoms in total. The smallest absolute Gasteiger partial charge is 0.407 e. The molecule has 1 aliphatic heterocycles. The number of piperidine rings is 1. The van der Waals surface area contributed by atoms with E-state index in [-0.39, 0.29) is 35.4 Å². The third-order valence-electron chi connectivity index (χ3n) is 5.74. The van der Waals surface area contributed by atoms with Crippen LogP contribution in [0.25, 0.3) is 5.69 Å². The highest BCUT2D eigenvalue weighted by Gasteiger charge is 2.34. The summed E-state index contributed by atoms with van der Waals surface area (Å²) in [5.74, 6) is 0.476. The van der Waals surface area contributed by atoms with Crippen molar-refractivity contribution >= 4 is 17.7 Å². The molecular formula is C24H31N3O5. The Morgan fingerprint density at radius 1 is 1.12 bits per heavy atom. The zero-order valence-corrected chi connectivity index (χ0v) is 18.9. The SMILES string of the molecule is CC(C)C(=O)Nc1ccc(-n2ccc(OC3CCN(C(=O)O)C(C(C)C)C3)cc2=O)cc1. The zero-order valence-electron chi connectivity index (χ0n) is 18.9. The number of ether oxygens (including phenoxy) is 1. The summed E-state index contributed by atoms with van der Waals surface area (Å²) in [6.45, 7) is 8.07. The first kappa shape index (κ1) is 23.4. The van der Waals surface area contributed by atoms with Gasteiger partial charge in [-0.1, -0.05) is 27.7 Å². The van der Waals surface area contributed by atoms with Crippen LogP contribution in [0.1, 0.15) is 40.5 Å². The molecule has 3 rings (SSSR count). The van der Waals surface area contributed by atoms with Gasteiger partial charge in [0.1, 0.15) is 11.9 Å². The minimum atomic E-state index is -0.903. The standard InChI is InChI=1S/C24H31N3O5/c1-15(2)21-13-19(10-12-27(21)24(30)31)32-20-9-11-26(22(28)14-20)18-7-5-17(6-8-18)25-23(29)16(3)4/h5-9,11,14-16,19,21H,10,12-13H2,1-4H3,(H,25,29)(H,30,31). The van der Waals surface area contributed by atoms with Crippen molar-refractivity contribution < 1.29 is 19.4 Å². The summed E-state index contributed by atoms with van der Waals surface area (Å²) < 4.78 is 7.55. The highest BCUT2D eigenvalue weighted by atomic mass is 16.5. The number of nitrogens with zero attached hydrogens (tertiary/aromatic N) is 2. The van der Waals surface area contributed by atoms with Crippen LogP contribution in [0.3, 0.4) is 0 Å². The summed E-state index contributed by atoms with van der Waals surface area (Å²) in [5, 5.41) is 12.2. The van der Waals surface area contributed by atoms with Gasteiger partial charge in [0.25, 0.3) is 5.56 Å². The van der Waals surface area contributed by atoms with Gasteiger partial charge in [0.15, 0.2) is 0 Å². The van der Waals surface area contributed by atoms with E-state index in [1.165, 1.54) is 15.5 Å². The van der Waals surface area contributed by atoms with Crippen molar-refractivity contribution in [3.63, 3.8) is 0 Å². The number of rotatable bonds is 6. The number of benzene rings is 1. The van der Waals surface area contributed by atoms with Gasteiger partial charge in [-0.3, -0.25) is 14.2 Å². The molecule has 0 bridgehead atoms. The number of hydrogen-bond acceptors (Lipinski definition) is 4. The largest absolute Gasteiger partial charge is 0.490 e. The summed E-state index contributed by atoms with van der Waals surface area (Å²) in [6, 6.07) is 10.1. The van der Waals surface area contributed by atoms with Crippen molar-refractivity contribution in [2.45, 2.75) is 52.7 Å². The number of hydrogen-bond donors (Lipinski definition) is 2. The van der Waals surface area contributed by atoms with Gasteiger partial charge in [0.2, 0.25) is 5.91 Å². The predicted molar refractivity (Wildman–Crippen MR) is 123 cm³/mol. The highest BCUT2D eigenvalue weighted by molar-refractivity contribution is 5.92. The molecule has 1 fully saturated rings. The molecule has 8 heteroatoms. The number of carbonyl (C=O) groups excluding carboxylic acids is 1. The maximum Gasteiger partial charge on any atom is 0.407 e. The molecule has 2 unspecified atom stereocenters. The molecule has 2 N–H and O–H groups in total. The maximum absolute atomic E-state index is 12.7. The van der Waals surface area contributed by atoms with Crippen molar-refractivity contribution in [3.05, 3.63) is 52.9 Å². The molecule has 2 heterocycles. The van der Waals surface area contributed by atoms with Crippen LogP contribution in [0.15, 0.2) is 47.4 Å². The number of amides is 2. The van der Waals surface area contributed by atoms with Crippen LogP contribution in [0.5, 0.6) is 5.75 Å². The second-order valence-corrected chi connectivity index (χ2v) is 8.81. The Morgan fingerprint density at radius 2 is 1.81 bits per heavy atom. The van der Waals surface area contributed by atoms with E-state index in [0.717, 1.165) is 0 Å². The van der Waals surface area contributed by atoms with E-state index in [1.807, 2.05) is 27.7 Å². The molecule has 0 saturated carbocycles. The van der Waals surface area contributed by atoms with Crippen LogP contribution in [0.2, 0.25) is 0 Å². The molecule has 0 radical (unpaired) electrons. The Labute approximate surface area is 187 Å². The predicted octanol–water partition coefficient (Wildman–Crippen LogP) is 3.98. The number of carbonyl (C=O) groups is 2. The molecule has 1 aliphatic rings. The van der Waals surface area contributed by atoms with Crippen molar-refractivity contribution in [2.24, 2.45) is 11.8 Å². The first-order chi connectivity index (χ1) is 15.2. The van der Waals surface area contributed by atoms with Crippen LogP contribution < -0.4 is 15.6 Å². The first-order valence-electron chi connectivity index (χ1n) is 11.0. The molecule has 1 aromatic heterocycles.